The minimum atomic E-state index is 0.0306. The van der Waals surface area contributed by atoms with Gasteiger partial charge in [0.2, 0.25) is 0 Å². The molecule has 2 fully saturated rings. The molecule has 0 N–H and O–H groups in total. The largest absolute Gasteiger partial charge is 0.462 e. The first-order valence-electron chi connectivity index (χ1n) is 6.63. The van der Waals surface area contributed by atoms with Crippen molar-refractivity contribution in [3.05, 3.63) is 0 Å². The number of hydrogen-bond acceptors (Lipinski definition) is 2. The number of fused-ring (bicyclic) bond motifs is 1. The second kappa shape index (κ2) is 4.05. The molecule has 1 heterocycles. The smallest absolute Gasteiger partial charge is 0.306 e. The van der Waals surface area contributed by atoms with Crippen molar-refractivity contribution >= 4 is 5.97 Å². The van der Waals surface area contributed by atoms with Crippen LogP contribution >= 0.6 is 0 Å². The van der Waals surface area contributed by atoms with Crippen LogP contribution in [0.5, 0.6) is 0 Å². The predicted octanol–water partition coefficient (Wildman–Crippen LogP) is 3.40. The van der Waals surface area contributed by atoms with Crippen LogP contribution < -0.4 is 0 Å². The summed E-state index contributed by atoms with van der Waals surface area (Å²) in [5, 5.41) is 0. The van der Waals surface area contributed by atoms with Gasteiger partial charge >= 0.3 is 5.97 Å². The Balaban J connectivity index is 2.18. The molecule has 16 heavy (non-hydrogen) atoms. The van der Waals surface area contributed by atoms with Gasteiger partial charge in [0.1, 0.15) is 6.10 Å². The third kappa shape index (κ3) is 1.99. The molecule has 0 aromatic rings. The van der Waals surface area contributed by atoms with Crippen molar-refractivity contribution in [1.29, 1.82) is 0 Å². The molecule has 1 aliphatic heterocycles. The van der Waals surface area contributed by atoms with Crippen LogP contribution in [-0.2, 0) is 9.53 Å². The molecule has 1 aliphatic carbocycles. The second-order valence-electron chi connectivity index (χ2n) is 6.52. The van der Waals surface area contributed by atoms with E-state index >= 15 is 0 Å². The van der Waals surface area contributed by atoms with E-state index in [2.05, 4.69) is 27.7 Å². The van der Waals surface area contributed by atoms with Crippen LogP contribution in [0.15, 0.2) is 0 Å². The maximum Gasteiger partial charge on any atom is 0.306 e. The van der Waals surface area contributed by atoms with Crippen molar-refractivity contribution in [3.8, 4) is 0 Å². The number of rotatable bonds is 1. The fourth-order valence-electron chi connectivity index (χ4n) is 3.85. The zero-order chi connectivity index (χ0) is 11.9. The monoisotopic (exact) mass is 224 g/mol. The minimum Gasteiger partial charge on any atom is -0.462 e. The average molecular weight is 224 g/mol. The fourth-order valence-corrected chi connectivity index (χ4v) is 3.85. The van der Waals surface area contributed by atoms with Crippen molar-refractivity contribution in [2.45, 2.75) is 59.5 Å². The number of esters is 1. The van der Waals surface area contributed by atoms with E-state index in [4.69, 9.17) is 4.74 Å². The molecule has 0 spiro atoms. The van der Waals surface area contributed by atoms with Gasteiger partial charge in [-0.1, -0.05) is 34.1 Å². The SMILES string of the molecule is CCC1C2CC(=O)OC2CCC1C(C)(C)C. The highest BCUT2D eigenvalue weighted by Crippen LogP contribution is 2.49. The first kappa shape index (κ1) is 11.9. The van der Waals surface area contributed by atoms with Gasteiger partial charge in [0.25, 0.3) is 0 Å². The maximum atomic E-state index is 11.4. The molecule has 92 valence electrons. The lowest BCUT2D eigenvalue weighted by Crippen LogP contribution is -2.40. The Morgan fingerprint density at radius 1 is 1.31 bits per heavy atom. The molecule has 2 nitrogen and oxygen atoms in total. The molecule has 1 saturated heterocycles. The highest BCUT2D eigenvalue weighted by Gasteiger charge is 2.48. The number of carbonyl (C=O) groups is 1. The van der Waals surface area contributed by atoms with Gasteiger partial charge in [-0.2, -0.15) is 0 Å². The van der Waals surface area contributed by atoms with Gasteiger partial charge in [0, 0.05) is 5.92 Å². The molecule has 2 heteroatoms. The Morgan fingerprint density at radius 3 is 2.56 bits per heavy atom. The van der Waals surface area contributed by atoms with Crippen LogP contribution in [0.3, 0.4) is 0 Å². The molecule has 0 aromatic heterocycles. The van der Waals surface area contributed by atoms with E-state index in [0.29, 0.717) is 23.7 Å². The van der Waals surface area contributed by atoms with Gasteiger partial charge in [-0.3, -0.25) is 4.79 Å². The Morgan fingerprint density at radius 2 is 2.00 bits per heavy atom. The number of hydrogen-bond donors (Lipinski definition) is 0. The molecule has 0 amide bonds. The van der Waals surface area contributed by atoms with Crippen molar-refractivity contribution in [1.82, 2.24) is 0 Å². The van der Waals surface area contributed by atoms with Gasteiger partial charge in [0.15, 0.2) is 0 Å². The summed E-state index contributed by atoms with van der Waals surface area (Å²) in [5.41, 5.74) is 0.358. The molecule has 0 bridgehead atoms. The molecule has 4 atom stereocenters. The molecule has 2 aliphatic rings. The first-order valence-corrected chi connectivity index (χ1v) is 6.63. The van der Waals surface area contributed by atoms with Crippen LogP contribution in [0, 0.1) is 23.2 Å². The highest BCUT2D eigenvalue weighted by molar-refractivity contribution is 5.72. The summed E-state index contributed by atoms with van der Waals surface area (Å²) in [6, 6.07) is 0. The van der Waals surface area contributed by atoms with Gasteiger partial charge in [-0.25, -0.2) is 0 Å². The molecule has 4 unspecified atom stereocenters. The summed E-state index contributed by atoms with van der Waals surface area (Å²) in [6.45, 7) is 9.25. The topological polar surface area (TPSA) is 26.3 Å². The van der Waals surface area contributed by atoms with Crippen LogP contribution in [0.1, 0.15) is 53.4 Å². The zero-order valence-corrected chi connectivity index (χ0v) is 11.0. The third-order valence-corrected chi connectivity index (χ3v) is 4.58. The van der Waals surface area contributed by atoms with E-state index in [9.17, 15) is 4.79 Å². The molecule has 0 radical (unpaired) electrons. The van der Waals surface area contributed by atoms with E-state index < -0.39 is 0 Å². The predicted molar refractivity (Wildman–Crippen MR) is 63.9 cm³/mol. The van der Waals surface area contributed by atoms with Crippen LogP contribution in [0.2, 0.25) is 0 Å². The Bertz CT molecular complexity index is 277. The third-order valence-electron chi connectivity index (χ3n) is 4.58. The number of carbonyl (C=O) groups excluding carboxylic acids is 1. The summed E-state index contributed by atoms with van der Waals surface area (Å²) < 4.78 is 5.42. The van der Waals surface area contributed by atoms with Crippen LogP contribution in [-0.4, -0.2) is 12.1 Å². The Labute approximate surface area is 98.7 Å². The summed E-state index contributed by atoms with van der Waals surface area (Å²) >= 11 is 0. The van der Waals surface area contributed by atoms with E-state index in [0.717, 1.165) is 12.3 Å². The zero-order valence-electron chi connectivity index (χ0n) is 11.0. The van der Waals surface area contributed by atoms with E-state index in [1.165, 1.54) is 12.8 Å². The lowest BCUT2D eigenvalue weighted by atomic mass is 9.61. The van der Waals surface area contributed by atoms with Gasteiger partial charge in [0.05, 0.1) is 6.42 Å². The Hall–Kier alpha value is -0.530. The quantitative estimate of drug-likeness (QED) is 0.638. The van der Waals surface area contributed by atoms with Crippen molar-refractivity contribution in [2.24, 2.45) is 23.2 Å². The number of ether oxygens (including phenoxy) is 1. The summed E-state index contributed by atoms with van der Waals surface area (Å²) in [6.07, 6.45) is 4.37. The molecular weight excluding hydrogens is 200 g/mol. The van der Waals surface area contributed by atoms with Gasteiger partial charge in [-0.15, -0.1) is 0 Å². The summed E-state index contributed by atoms with van der Waals surface area (Å²) in [5.74, 6) is 1.94. The Kier molecular flexibility index (Phi) is 3.02. The summed E-state index contributed by atoms with van der Waals surface area (Å²) in [4.78, 5) is 11.4. The van der Waals surface area contributed by atoms with Crippen LogP contribution in [0.4, 0.5) is 0 Å². The van der Waals surface area contributed by atoms with E-state index in [1.807, 2.05) is 0 Å². The van der Waals surface area contributed by atoms with Crippen molar-refractivity contribution in [3.63, 3.8) is 0 Å². The lowest BCUT2D eigenvalue weighted by molar-refractivity contribution is -0.142. The average Bonchev–Trinajstić information content (AvgIpc) is 2.54. The van der Waals surface area contributed by atoms with Crippen molar-refractivity contribution < 1.29 is 9.53 Å². The van der Waals surface area contributed by atoms with Gasteiger partial charge in [-0.05, 0) is 30.1 Å². The molecular formula is C14H24O2. The fraction of sp³-hybridized carbons (Fsp3) is 0.929. The van der Waals surface area contributed by atoms with E-state index in [-0.39, 0.29) is 12.1 Å². The summed E-state index contributed by atoms with van der Waals surface area (Å²) in [7, 11) is 0. The minimum absolute atomic E-state index is 0.0306. The first-order chi connectivity index (χ1) is 7.43. The maximum absolute atomic E-state index is 11.4. The normalized spacial score (nSPS) is 39.4. The van der Waals surface area contributed by atoms with Gasteiger partial charge < -0.3 is 4.74 Å². The van der Waals surface area contributed by atoms with E-state index in [1.54, 1.807) is 0 Å². The van der Waals surface area contributed by atoms with Crippen LogP contribution in [0.25, 0.3) is 0 Å². The highest BCUT2D eigenvalue weighted by atomic mass is 16.5. The molecule has 1 saturated carbocycles. The molecule has 0 aromatic carbocycles. The van der Waals surface area contributed by atoms with Crippen molar-refractivity contribution in [2.75, 3.05) is 0 Å². The second-order valence-corrected chi connectivity index (χ2v) is 6.52. The lowest BCUT2D eigenvalue weighted by Gasteiger charge is -2.44. The standard InChI is InChI=1S/C14H24O2/c1-5-9-10-8-13(15)16-12(10)7-6-11(9)14(2,3)4/h9-12H,5-8H2,1-4H3. The molecule has 2 rings (SSSR count).